The second-order valence-corrected chi connectivity index (χ2v) is 6.62. The molecule has 0 spiro atoms. The molecule has 0 radical (unpaired) electrons. The van der Waals surface area contributed by atoms with Crippen LogP contribution >= 0.6 is 0 Å². The molecule has 1 saturated carbocycles. The van der Waals surface area contributed by atoms with Gasteiger partial charge in [-0.05, 0) is 48.1 Å². The Morgan fingerprint density at radius 1 is 1.26 bits per heavy atom. The fourth-order valence-electron chi connectivity index (χ4n) is 2.82. The lowest BCUT2D eigenvalue weighted by molar-refractivity contribution is -0.111. The van der Waals surface area contributed by atoms with Crippen molar-refractivity contribution in [3.05, 3.63) is 59.6 Å². The zero-order chi connectivity index (χ0) is 16.4. The molecule has 3 rings (SSSR count). The minimum Gasteiger partial charge on any atom is -0.461 e. The Labute approximate surface area is 137 Å². The minimum absolute atomic E-state index is 0.143. The van der Waals surface area contributed by atoms with Crippen LogP contribution in [0.25, 0.3) is 6.08 Å². The van der Waals surface area contributed by atoms with Crippen molar-refractivity contribution in [2.45, 2.75) is 39.0 Å². The molecule has 0 aliphatic heterocycles. The highest BCUT2D eigenvalue weighted by molar-refractivity contribution is 6.02. The van der Waals surface area contributed by atoms with Crippen molar-refractivity contribution >= 4 is 17.7 Å². The van der Waals surface area contributed by atoms with Crippen LogP contribution in [0.15, 0.2) is 46.9 Å². The molecule has 1 aliphatic carbocycles. The van der Waals surface area contributed by atoms with Gasteiger partial charge in [-0.2, -0.15) is 0 Å². The van der Waals surface area contributed by atoms with Gasteiger partial charge in [-0.3, -0.25) is 4.79 Å². The number of hydrogen-bond donors (Lipinski definition) is 1. The summed E-state index contributed by atoms with van der Waals surface area (Å²) in [6.07, 6.45) is 4.45. The summed E-state index contributed by atoms with van der Waals surface area (Å²) in [5.41, 5.74) is 2.00. The largest absolute Gasteiger partial charge is 0.461 e. The summed E-state index contributed by atoms with van der Waals surface area (Å²) >= 11 is 0. The van der Waals surface area contributed by atoms with E-state index in [-0.39, 0.29) is 5.91 Å². The van der Waals surface area contributed by atoms with Gasteiger partial charge >= 0.3 is 0 Å². The van der Waals surface area contributed by atoms with E-state index in [1.165, 1.54) is 12.5 Å². The molecular weight excluding hydrogens is 286 g/mol. The summed E-state index contributed by atoms with van der Waals surface area (Å²) in [4.78, 5) is 12.1. The van der Waals surface area contributed by atoms with E-state index in [0.29, 0.717) is 17.8 Å². The third-order valence-corrected chi connectivity index (χ3v) is 4.36. The monoisotopic (exact) mass is 309 g/mol. The van der Waals surface area contributed by atoms with E-state index in [4.69, 9.17) is 4.42 Å². The Morgan fingerprint density at radius 2 is 2.00 bits per heavy atom. The maximum absolute atomic E-state index is 12.1. The van der Waals surface area contributed by atoms with Gasteiger partial charge in [0.15, 0.2) is 0 Å². The molecule has 0 unspecified atom stereocenters. The summed E-state index contributed by atoms with van der Waals surface area (Å²) in [5, 5.41) is 2.94. The van der Waals surface area contributed by atoms with Gasteiger partial charge in [-0.25, -0.2) is 0 Å². The first-order valence-corrected chi connectivity index (χ1v) is 8.22. The van der Waals surface area contributed by atoms with Gasteiger partial charge < -0.3 is 9.73 Å². The number of furan rings is 1. The number of carbonyl (C=O) groups is 1. The van der Waals surface area contributed by atoms with E-state index in [2.05, 4.69) is 26.1 Å². The number of rotatable bonds is 5. The van der Waals surface area contributed by atoms with Gasteiger partial charge in [0.2, 0.25) is 5.91 Å². The van der Waals surface area contributed by atoms with Crippen molar-refractivity contribution in [1.82, 2.24) is 0 Å². The SMILES string of the molecule is CC(C)c1ccccc1NC(=O)/C=C/c1ccc([C@H]2C[C@H]2C)o1. The first-order chi connectivity index (χ1) is 11.0. The number of amides is 1. The average molecular weight is 309 g/mol. The Hall–Kier alpha value is -2.29. The quantitative estimate of drug-likeness (QED) is 0.773. The van der Waals surface area contributed by atoms with Crippen molar-refractivity contribution in [1.29, 1.82) is 0 Å². The number of carbonyl (C=O) groups excluding carboxylic acids is 1. The summed E-state index contributed by atoms with van der Waals surface area (Å²) in [6.45, 7) is 6.45. The molecule has 1 heterocycles. The molecule has 2 aromatic rings. The second kappa shape index (κ2) is 6.45. The molecule has 3 nitrogen and oxygen atoms in total. The second-order valence-electron chi connectivity index (χ2n) is 6.62. The van der Waals surface area contributed by atoms with Crippen LogP contribution in [0, 0.1) is 5.92 Å². The standard InChI is InChI=1S/C20H23NO2/c1-13(2)16-6-4-5-7-18(16)21-20(22)11-9-15-8-10-19(23-15)17-12-14(17)3/h4-11,13-14,17H,12H2,1-3H3,(H,21,22)/b11-9+/t14-,17+/m1/s1. The van der Waals surface area contributed by atoms with E-state index in [1.807, 2.05) is 36.4 Å². The lowest BCUT2D eigenvalue weighted by Crippen LogP contribution is -2.10. The van der Waals surface area contributed by atoms with E-state index in [1.54, 1.807) is 6.08 Å². The molecule has 1 N–H and O–H groups in total. The van der Waals surface area contributed by atoms with Crippen molar-refractivity contribution < 1.29 is 9.21 Å². The zero-order valence-corrected chi connectivity index (χ0v) is 13.9. The van der Waals surface area contributed by atoms with Gasteiger partial charge in [0, 0.05) is 17.7 Å². The predicted octanol–water partition coefficient (Wildman–Crippen LogP) is 5.18. The molecule has 2 atom stereocenters. The third kappa shape index (κ3) is 3.73. The highest BCUT2D eigenvalue weighted by atomic mass is 16.3. The van der Waals surface area contributed by atoms with E-state index >= 15 is 0 Å². The van der Waals surface area contributed by atoms with Crippen molar-refractivity contribution in [3.63, 3.8) is 0 Å². The molecule has 1 aromatic carbocycles. The van der Waals surface area contributed by atoms with Crippen LogP contribution in [0.1, 0.15) is 56.1 Å². The lowest BCUT2D eigenvalue weighted by Gasteiger charge is -2.12. The number of para-hydroxylation sites is 1. The highest BCUT2D eigenvalue weighted by Gasteiger charge is 2.36. The summed E-state index contributed by atoms with van der Waals surface area (Å²) in [7, 11) is 0. The smallest absolute Gasteiger partial charge is 0.248 e. The molecule has 0 saturated heterocycles. The van der Waals surface area contributed by atoms with Gasteiger partial charge in [-0.15, -0.1) is 0 Å². The van der Waals surface area contributed by atoms with Crippen LogP contribution in [0.3, 0.4) is 0 Å². The maximum atomic E-state index is 12.1. The van der Waals surface area contributed by atoms with Crippen LogP contribution in [0.4, 0.5) is 5.69 Å². The molecule has 1 fully saturated rings. The Kier molecular flexibility index (Phi) is 4.37. The summed E-state index contributed by atoms with van der Waals surface area (Å²) in [5.74, 6) is 3.26. The van der Waals surface area contributed by atoms with Crippen molar-refractivity contribution in [3.8, 4) is 0 Å². The van der Waals surface area contributed by atoms with Gasteiger partial charge in [-0.1, -0.05) is 39.0 Å². The number of nitrogens with one attached hydrogen (secondary N) is 1. The highest BCUT2D eigenvalue weighted by Crippen LogP contribution is 2.47. The molecule has 0 bridgehead atoms. The van der Waals surface area contributed by atoms with Crippen LogP contribution in [0.2, 0.25) is 0 Å². The Morgan fingerprint density at radius 3 is 2.70 bits per heavy atom. The van der Waals surface area contributed by atoms with Crippen molar-refractivity contribution in [2.24, 2.45) is 5.92 Å². The average Bonchev–Trinajstić information content (AvgIpc) is 3.07. The topological polar surface area (TPSA) is 42.2 Å². The first kappa shape index (κ1) is 15.6. The molecule has 1 aliphatic rings. The predicted molar refractivity (Wildman–Crippen MR) is 93.4 cm³/mol. The van der Waals surface area contributed by atoms with Crippen LogP contribution in [-0.4, -0.2) is 5.91 Å². The molecular formula is C20H23NO2. The number of benzene rings is 1. The van der Waals surface area contributed by atoms with Crippen LogP contribution < -0.4 is 5.32 Å². The summed E-state index contributed by atoms with van der Waals surface area (Å²) in [6, 6.07) is 11.8. The fourth-order valence-corrected chi connectivity index (χ4v) is 2.82. The normalized spacial score (nSPS) is 20.2. The summed E-state index contributed by atoms with van der Waals surface area (Å²) < 4.78 is 5.77. The van der Waals surface area contributed by atoms with E-state index < -0.39 is 0 Å². The Bertz CT molecular complexity index is 727. The first-order valence-electron chi connectivity index (χ1n) is 8.22. The van der Waals surface area contributed by atoms with Gasteiger partial charge in [0.1, 0.15) is 11.5 Å². The zero-order valence-electron chi connectivity index (χ0n) is 13.9. The number of hydrogen-bond acceptors (Lipinski definition) is 2. The molecule has 1 aromatic heterocycles. The molecule has 1 amide bonds. The molecule has 3 heteroatoms. The molecule has 23 heavy (non-hydrogen) atoms. The van der Waals surface area contributed by atoms with Crippen LogP contribution in [-0.2, 0) is 4.79 Å². The lowest BCUT2D eigenvalue weighted by atomic mass is 10.0. The fraction of sp³-hybridized carbons (Fsp3) is 0.350. The van der Waals surface area contributed by atoms with Gasteiger partial charge in [0.25, 0.3) is 0 Å². The van der Waals surface area contributed by atoms with E-state index in [0.717, 1.165) is 22.8 Å². The molecule has 120 valence electrons. The van der Waals surface area contributed by atoms with E-state index in [9.17, 15) is 4.79 Å². The minimum atomic E-state index is -0.143. The number of anilines is 1. The third-order valence-electron chi connectivity index (χ3n) is 4.36. The van der Waals surface area contributed by atoms with Crippen LogP contribution in [0.5, 0.6) is 0 Å². The Balaban J connectivity index is 1.64. The van der Waals surface area contributed by atoms with Gasteiger partial charge in [0.05, 0.1) is 0 Å². The maximum Gasteiger partial charge on any atom is 0.248 e. The van der Waals surface area contributed by atoms with Crippen molar-refractivity contribution in [2.75, 3.05) is 5.32 Å².